The van der Waals surface area contributed by atoms with Crippen LogP contribution < -0.4 is 5.32 Å². The van der Waals surface area contributed by atoms with Gasteiger partial charge in [-0.2, -0.15) is 0 Å². The van der Waals surface area contributed by atoms with Crippen LogP contribution in [0.2, 0.25) is 5.02 Å². The van der Waals surface area contributed by atoms with Crippen LogP contribution in [-0.2, 0) is 10.2 Å². The van der Waals surface area contributed by atoms with Crippen LogP contribution in [0.5, 0.6) is 0 Å². The van der Waals surface area contributed by atoms with Gasteiger partial charge in [-0.25, -0.2) is 0 Å². The topological polar surface area (TPSA) is 29.1 Å². The summed E-state index contributed by atoms with van der Waals surface area (Å²) in [6, 6.07) is 15.5. The van der Waals surface area contributed by atoms with Crippen molar-refractivity contribution in [3.63, 3.8) is 0 Å². The molecule has 0 aromatic heterocycles. The van der Waals surface area contributed by atoms with Gasteiger partial charge in [0, 0.05) is 10.7 Å². The Morgan fingerprint density at radius 1 is 1.00 bits per heavy atom. The van der Waals surface area contributed by atoms with Gasteiger partial charge in [0.25, 0.3) is 0 Å². The summed E-state index contributed by atoms with van der Waals surface area (Å²) in [5, 5.41) is 3.82. The average Bonchev–Trinajstić information content (AvgIpc) is 2.48. The Morgan fingerprint density at radius 3 is 2.12 bits per heavy atom. The van der Waals surface area contributed by atoms with Crippen molar-refractivity contribution < 1.29 is 4.79 Å². The van der Waals surface area contributed by atoms with Crippen LogP contribution in [0.3, 0.4) is 0 Å². The first-order chi connectivity index (χ1) is 11.2. The number of hydrogen-bond donors (Lipinski definition) is 1. The number of para-hydroxylation sites is 1. The largest absolute Gasteiger partial charge is 0.325 e. The molecule has 1 N–H and O–H groups in total. The number of benzene rings is 2. The minimum atomic E-state index is -0.213. The SMILES string of the molecule is CC(C)[C@H](C(=O)Nc1ccccc1C(C)(C)C)c1ccc(Cl)cc1. The van der Waals surface area contributed by atoms with Gasteiger partial charge in [-0.15, -0.1) is 0 Å². The predicted octanol–water partition coefficient (Wildman–Crippen LogP) is 6.02. The van der Waals surface area contributed by atoms with Gasteiger partial charge >= 0.3 is 0 Å². The van der Waals surface area contributed by atoms with E-state index in [-0.39, 0.29) is 23.2 Å². The molecule has 0 fully saturated rings. The number of amides is 1. The maximum Gasteiger partial charge on any atom is 0.232 e. The highest BCUT2D eigenvalue weighted by molar-refractivity contribution is 6.30. The molecule has 1 amide bonds. The molecule has 24 heavy (non-hydrogen) atoms. The van der Waals surface area contributed by atoms with Crippen LogP contribution in [0.15, 0.2) is 48.5 Å². The molecule has 2 nitrogen and oxygen atoms in total. The van der Waals surface area contributed by atoms with Crippen molar-refractivity contribution in [2.45, 2.75) is 46.0 Å². The second-order valence-electron chi connectivity index (χ2n) is 7.56. The quantitative estimate of drug-likeness (QED) is 0.723. The van der Waals surface area contributed by atoms with Gasteiger partial charge in [0.1, 0.15) is 0 Å². The molecule has 0 saturated carbocycles. The zero-order valence-corrected chi connectivity index (χ0v) is 15.8. The predicted molar refractivity (Wildman–Crippen MR) is 103 cm³/mol. The molecule has 0 bridgehead atoms. The molecule has 0 unspecified atom stereocenters. The minimum absolute atomic E-state index is 0.0176. The van der Waals surface area contributed by atoms with E-state index in [1.165, 1.54) is 0 Å². The Balaban J connectivity index is 2.31. The zero-order valence-electron chi connectivity index (χ0n) is 15.1. The first kappa shape index (κ1) is 18.5. The van der Waals surface area contributed by atoms with Crippen LogP contribution in [-0.4, -0.2) is 5.91 Å². The number of hydrogen-bond acceptors (Lipinski definition) is 1. The Morgan fingerprint density at radius 2 is 1.58 bits per heavy atom. The van der Waals surface area contributed by atoms with Gasteiger partial charge in [-0.3, -0.25) is 4.79 Å². The van der Waals surface area contributed by atoms with E-state index in [4.69, 9.17) is 11.6 Å². The van der Waals surface area contributed by atoms with E-state index in [9.17, 15) is 4.79 Å². The summed E-state index contributed by atoms with van der Waals surface area (Å²) in [5.41, 5.74) is 2.98. The third kappa shape index (κ3) is 4.39. The van der Waals surface area contributed by atoms with Gasteiger partial charge in [-0.05, 0) is 40.7 Å². The van der Waals surface area contributed by atoms with Crippen LogP contribution in [0, 0.1) is 5.92 Å². The van der Waals surface area contributed by atoms with E-state index >= 15 is 0 Å². The number of halogens is 1. The molecular weight excluding hydrogens is 318 g/mol. The van der Waals surface area contributed by atoms with Crippen LogP contribution in [0.1, 0.15) is 51.7 Å². The standard InChI is InChI=1S/C21H26ClNO/c1-14(2)19(15-10-12-16(22)13-11-15)20(24)23-18-9-7-6-8-17(18)21(3,4)5/h6-14,19H,1-5H3,(H,23,24)/t19-/m0/s1. The fourth-order valence-corrected chi connectivity index (χ4v) is 3.09. The summed E-state index contributed by atoms with van der Waals surface area (Å²) in [6.07, 6.45) is 0. The molecule has 0 aliphatic carbocycles. The van der Waals surface area contributed by atoms with Gasteiger partial charge in [0.05, 0.1) is 5.92 Å². The van der Waals surface area contributed by atoms with E-state index in [1.807, 2.05) is 42.5 Å². The summed E-state index contributed by atoms with van der Waals surface area (Å²) in [5.74, 6) is -0.00714. The molecule has 2 aromatic rings. The normalized spacial score (nSPS) is 13.0. The average molecular weight is 344 g/mol. The summed E-state index contributed by atoms with van der Waals surface area (Å²) in [6.45, 7) is 10.6. The van der Waals surface area contributed by atoms with Crippen molar-refractivity contribution in [2.75, 3.05) is 5.32 Å². The van der Waals surface area contributed by atoms with E-state index in [0.29, 0.717) is 5.02 Å². The Bertz CT molecular complexity index is 699. The number of carbonyl (C=O) groups is 1. The van der Waals surface area contributed by atoms with Gasteiger partial charge in [0.2, 0.25) is 5.91 Å². The first-order valence-corrected chi connectivity index (χ1v) is 8.74. The molecule has 2 rings (SSSR count). The third-order valence-corrected chi connectivity index (χ3v) is 4.42. The maximum absolute atomic E-state index is 13.0. The number of anilines is 1. The van der Waals surface area contributed by atoms with Crippen LogP contribution >= 0.6 is 11.6 Å². The molecule has 128 valence electrons. The van der Waals surface area contributed by atoms with E-state index in [2.05, 4.69) is 46.0 Å². The summed E-state index contributed by atoms with van der Waals surface area (Å²) < 4.78 is 0. The molecule has 1 atom stereocenters. The molecule has 0 aliphatic heterocycles. The van der Waals surface area contributed by atoms with Crippen LogP contribution in [0.4, 0.5) is 5.69 Å². The molecule has 0 heterocycles. The van der Waals surface area contributed by atoms with Crippen LogP contribution in [0.25, 0.3) is 0 Å². The van der Waals surface area contributed by atoms with Crippen molar-refractivity contribution in [3.8, 4) is 0 Å². The highest BCUT2D eigenvalue weighted by atomic mass is 35.5. The lowest BCUT2D eigenvalue weighted by Crippen LogP contribution is -2.26. The summed E-state index contributed by atoms with van der Waals surface area (Å²) >= 11 is 5.98. The van der Waals surface area contributed by atoms with Gasteiger partial charge < -0.3 is 5.32 Å². The fourth-order valence-electron chi connectivity index (χ4n) is 2.97. The molecular formula is C21H26ClNO. The Labute approximate surface area is 150 Å². The summed E-state index contributed by atoms with van der Waals surface area (Å²) in [7, 11) is 0. The molecule has 2 aromatic carbocycles. The van der Waals surface area contributed by atoms with Crippen molar-refractivity contribution in [2.24, 2.45) is 5.92 Å². The fraction of sp³-hybridized carbons (Fsp3) is 0.381. The number of rotatable bonds is 4. The Kier molecular flexibility index (Phi) is 5.71. The smallest absolute Gasteiger partial charge is 0.232 e. The lowest BCUT2D eigenvalue weighted by molar-refractivity contribution is -0.118. The van der Waals surface area contributed by atoms with Crippen molar-refractivity contribution in [1.82, 2.24) is 0 Å². The van der Waals surface area contributed by atoms with E-state index in [0.717, 1.165) is 16.8 Å². The Hall–Kier alpha value is -1.80. The third-order valence-electron chi connectivity index (χ3n) is 4.17. The zero-order chi connectivity index (χ0) is 17.9. The lowest BCUT2D eigenvalue weighted by Gasteiger charge is -2.25. The minimum Gasteiger partial charge on any atom is -0.325 e. The second kappa shape index (κ2) is 7.40. The molecule has 3 heteroatoms. The number of carbonyl (C=O) groups excluding carboxylic acids is 1. The molecule has 0 saturated heterocycles. The lowest BCUT2D eigenvalue weighted by atomic mass is 9.84. The molecule has 0 aliphatic rings. The molecule has 0 radical (unpaired) electrons. The first-order valence-electron chi connectivity index (χ1n) is 8.36. The second-order valence-corrected chi connectivity index (χ2v) is 7.99. The summed E-state index contributed by atoms with van der Waals surface area (Å²) in [4.78, 5) is 13.0. The van der Waals surface area contributed by atoms with Gasteiger partial charge in [0.15, 0.2) is 0 Å². The monoisotopic (exact) mass is 343 g/mol. The van der Waals surface area contributed by atoms with Crippen molar-refractivity contribution >= 4 is 23.2 Å². The maximum atomic E-state index is 13.0. The number of nitrogens with one attached hydrogen (secondary N) is 1. The van der Waals surface area contributed by atoms with Crippen molar-refractivity contribution in [1.29, 1.82) is 0 Å². The van der Waals surface area contributed by atoms with E-state index in [1.54, 1.807) is 0 Å². The molecule has 0 spiro atoms. The van der Waals surface area contributed by atoms with Gasteiger partial charge in [-0.1, -0.05) is 76.6 Å². The van der Waals surface area contributed by atoms with E-state index < -0.39 is 0 Å². The highest BCUT2D eigenvalue weighted by Crippen LogP contribution is 2.32. The van der Waals surface area contributed by atoms with Crippen molar-refractivity contribution in [3.05, 3.63) is 64.7 Å². The highest BCUT2D eigenvalue weighted by Gasteiger charge is 2.26.